The van der Waals surface area contributed by atoms with Gasteiger partial charge >= 0.3 is 0 Å². The molecule has 0 saturated heterocycles. The van der Waals surface area contributed by atoms with Crippen molar-refractivity contribution in [3.63, 3.8) is 0 Å². The number of carbonyl (C=O) groups excluding carboxylic acids is 1. The molecule has 2 aromatic heterocycles. The van der Waals surface area contributed by atoms with E-state index in [2.05, 4.69) is 20.5 Å². The molecule has 1 amide bonds. The third-order valence-electron chi connectivity index (χ3n) is 5.14. The van der Waals surface area contributed by atoms with Crippen molar-refractivity contribution in [2.24, 2.45) is 0 Å². The fourth-order valence-corrected chi connectivity index (χ4v) is 3.74. The largest absolute Gasteiger partial charge is 0.390 e. The molecule has 2 heterocycles. The standard InChI is InChI=1S/C21H16FN5O2/c22-16-6-13(15-9-23-21-26-24-11-27(21)10-15)5-14(7-16)20(29)25-19-17-4-2-1-3-12(17)8-18(19)28/h1-7,9-11,18-19,28H,8H2,(H,25,29)/t18-,19-/m1/s1. The van der Waals surface area contributed by atoms with Crippen molar-refractivity contribution >= 4 is 11.7 Å². The minimum absolute atomic E-state index is 0.167. The van der Waals surface area contributed by atoms with Crippen molar-refractivity contribution in [1.29, 1.82) is 0 Å². The summed E-state index contributed by atoms with van der Waals surface area (Å²) in [6.07, 6.45) is 4.52. The number of carbonyl (C=O) groups is 1. The van der Waals surface area contributed by atoms with Crippen LogP contribution in [0.25, 0.3) is 16.9 Å². The maximum Gasteiger partial charge on any atom is 0.254 e. The van der Waals surface area contributed by atoms with Crippen LogP contribution in [0.2, 0.25) is 0 Å². The normalized spacial score (nSPS) is 18.0. The molecule has 0 bridgehead atoms. The zero-order valence-electron chi connectivity index (χ0n) is 15.2. The summed E-state index contributed by atoms with van der Waals surface area (Å²) in [7, 11) is 0. The van der Waals surface area contributed by atoms with Gasteiger partial charge in [0.2, 0.25) is 0 Å². The van der Waals surface area contributed by atoms with Gasteiger partial charge in [0.15, 0.2) is 0 Å². The lowest BCUT2D eigenvalue weighted by atomic mass is 10.0. The first-order valence-corrected chi connectivity index (χ1v) is 9.11. The molecule has 0 fully saturated rings. The Hall–Kier alpha value is -3.65. The SMILES string of the molecule is O=C(N[C@@H]1c2ccccc2C[C@H]1O)c1cc(F)cc(-c2cnc3nncn3c2)c1. The average molecular weight is 389 g/mol. The number of hydrogen-bond donors (Lipinski definition) is 2. The van der Waals surface area contributed by atoms with E-state index < -0.39 is 23.9 Å². The van der Waals surface area contributed by atoms with Crippen LogP contribution in [-0.4, -0.2) is 36.7 Å². The molecular weight excluding hydrogens is 373 g/mol. The fourth-order valence-electron chi connectivity index (χ4n) is 3.74. The van der Waals surface area contributed by atoms with E-state index in [-0.39, 0.29) is 5.56 Å². The first-order valence-electron chi connectivity index (χ1n) is 9.11. The highest BCUT2D eigenvalue weighted by Gasteiger charge is 2.32. The molecule has 0 saturated carbocycles. The lowest BCUT2D eigenvalue weighted by Gasteiger charge is -2.18. The molecule has 0 unspecified atom stereocenters. The lowest BCUT2D eigenvalue weighted by molar-refractivity contribution is 0.0858. The number of rotatable bonds is 3. The van der Waals surface area contributed by atoms with E-state index in [1.807, 2.05) is 24.3 Å². The minimum Gasteiger partial charge on any atom is -0.390 e. The molecule has 0 aliphatic heterocycles. The molecule has 7 nitrogen and oxygen atoms in total. The Labute approximate surface area is 164 Å². The Morgan fingerprint density at radius 1 is 1.21 bits per heavy atom. The summed E-state index contributed by atoms with van der Waals surface area (Å²) in [5, 5.41) is 20.8. The third kappa shape index (κ3) is 3.13. The summed E-state index contributed by atoms with van der Waals surface area (Å²) in [6, 6.07) is 11.2. The van der Waals surface area contributed by atoms with Crippen LogP contribution in [-0.2, 0) is 6.42 Å². The van der Waals surface area contributed by atoms with Gasteiger partial charge in [0.1, 0.15) is 12.1 Å². The highest BCUT2D eigenvalue weighted by Crippen LogP contribution is 2.31. The topological polar surface area (TPSA) is 92.4 Å². The third-order valence-corrected chi connectivity index (χ3v) is 5.14. The first kappa shape index (κ1) is 17.4. The molecule has 144 valence electrons. The van der Waals surface area contributed by atoms with Crippen molar-refractivity contribution in [2.45, 2.75) is 18.6 Å². The number of aliphatic hydroxyl groups excluding tert-OH is 1. The van der Waals surface area contributed by atoms with E-state index in [1.54, 1.807) is 22.9 Å². The summed E-state index contributed by atoms with van der Waals surface area (Å²) >= 11 is 0. The quantitative estimate of drug-likeness (QED) is 0.561. The molecular formula is C21H16FN5O2. The van der Waals surface area contributed by atoms with Crippen LogP contribution in [0.3, 0.4) is 0 Å². The van der Waals surface area contributed by atoms with Gasteiger partial charge in [0, 0.05) is 29.9 Å². The zero-order chi connectivity index (χ0) is 20.0. The van der Waals surface area contributed by atoms with Gasteiger partial charge in [-0.25, -0.2) is 9.37 Å². The number of halogens is 1. The van der Waals surface area contributed by atoms with Gasteiger partial charge in [-0.15, -0.1) is 10.2 Å². The Kier molecular flexibility index (Phi) is 4.06. The van der Waals surface area contributed by atoms with Gasteiger partial charge in [0.25, 0.3) is 11.7 Å². The maximum atomic E-state index is 14.3. The van der Waals surface area contributed by atoms with Crippen LogP contribution >= 0.6 is 0 Å². The van der Waals surface area contributed by atoms with E-state index in [0.29, 0.717) is 23.3 Å². The predicted molar refractivity (Wildman–Crippen MR) is 103 cm³/mol. The van der Waals surface area contributed by atoms with E-state index in [0.717, 1.165) is 11.1 Å². The first-order chi connectivity index (χ1) is 14.1. The lowest BCUT2D eigenvalue weighted by Crippen LogP contribution is -2.33. The van der Waals surface area contributed by atoms with Crippen LogP contribution in [0.15, 0.2) is 61.2 Å². The molecule has 8 heteroatoms. The average Bonchev–Trinajstić information content (AvgIpc) is 3.31. The molecule has 2 aromatic carbocycles. The molecule has 0 spiro atoms. The second-order valence-electron chi connectivity index (χ2n) is 7.03. The molecule has 1 aliphatic carbocycles. The van der Waals surface area contributed by atoms with Crippen LogP contribution in [0.4, 0.5) is 4.39 Å². The maximum absolute atomic E-state index is 14.3. The summed E-state index contributed by atoms with van der Waals surface area (Å²) in [5.41, 5.74) is 3.17. The van der Waals surface area contributed by atoms with Gasteiger partial charge in [-0.3, -0.25) is 9.20 Å². The monoisotopic (exact) mass is 389 g/mol. The van der Waals surface area contributed by atoms with E-state index >= 15 is 0 Å². The number of benzene rings is 2. The van der Waals surface area contributed by atoms with E-state index in [4.69, 9.17) is 0 Å². The Bertz CT molecular complexity index is 1240. The Balaban J connectivity index is 1.46. The second-order valence-corrected chi connectivity index (χ2v) is 7.03. The van der Waals surface area contributed by atoms with Crippen molar-refractivity contribution in [2.75, 3.05) is 0 Å². The highest BCUT2D eigenvalue weighted by atomic mass is 19.1. The smallest absolute Gasteiger partial charge is 0.254 e. The number of aliphatic hydroxyl groups is 1. The van der Waals surface area contributed by atoms with Crippen molar-refractivity contribution in [1.82, 2.24) is 24.9 Å². The van der Waals surface area contributed by atoms with Gasteiger partial charge in [-0.05, 0) is 34.9 Å². The zero-order valence-corrected chi connectivity index (χ0v) is 15.2. The van der Waals surface area contributed by atoms with Gasteiger partial charge < -0.3 is 10.4 Å². The Morgan fingerprint density at radius 2 is 2.07 bits per heavy atom. The summed E-state index contributed by atoms with van der Waals surface area (Å²) in [6.45, 7) is 0. The molecule has 1 aliphatic rings. The molecule has 5 rings (SSSR count). The Morgan fingerprint density at radius 3 is 2.97 bits per heavy atom. The number of amides is 1. The number of aromatic nitrogens is 4. The number of hydrogen-bond acceptors (Lipinski definition) is 5. The number of nitrogens with zero attached hydrogens (tertiary/aromatic N) is 4. The molecule has 0 radical (unpaired) electrons. The predicted octanol–water partition coefficient (Wildman–Crippen LogP) is 2.32. The van der Waals surface area contributed by atoms with Crippen LogP contribution < -0.4 is 5.32 Å². The van der Waals surface area contributed by atoms with Crippen molar-refractivity contribution < 1.29 is 14.3 Å². The second kappa shape index (κ2) is 6.75. The summed E-state index contributed by atoms with van der Waals surface area (Å²) in [4.78, 5) is 17.0. The van der Waals surface area contributed by atoms with E-state index in [1.165, 1.54) is 18.5 Å². The molecule has 2 N–H and O–H groups in total. The minimum atomic E-state index is -0.718. The van der Waals surface area contributed by atoms with E-state index in [9.17, 15) is 14.3 Å². The summed E-state index contributed by atoms with van der Waals surface area (Å²) < 4.78 is 15.9. The van der Waals surface area contributed by atoms with Gasteiger partial charge in [-0.1, -0.05) is 24.3 Å². The fraction of sp³-hybridized carbons (Fsp3) is 0.143. The van der Waals surface area contributed by atoms with Crippen LogP contribution in [0, 0.1) is 5.82 Å². The number of nitrogens with one attached hydrogen (secondary N) is 1. The van der Waals surface area contributed by atoms with Gasteiger partial charge in [-0.2, -0.15) is 0 Å². The van der Waals surface area contributed by atoms with Crippen LogP contribution in [0.5, 0.6) is 0 Å². The highest BCUT2D eigenvalue weighted by molar-refractivity contribution is 5.95. The van der Waals surface area contributed by atoms with Crippen LogP contribution in [0.1, 0.15) is 27.5 Å². The molecule has 29 heavy (non-hydrogen) atoms. The number of fused-ring (bicyclic) bond motifs is 2. The van der Waals surface area contributed by atoms with Crippen molar-refractivity contribution in [3.05, 3.63) is 83.7 Å². The summed E-state index contributed by atoms with van der Waals surface area (Å²) in [5.74, 6) is -0.564. The molecule has 4 aromatic rings. The van der Waals surface area contributed by atoms with Gasteiger partial charge in [0.05, 0.1) is 12.1 Å². The molecule has 2 atom stereocenters. The van der Waals surface area contributed by atoms with Crippen molar-refractivity contribution in [3.8, 4) is 11.1 Å².